The number of carbonyl (C=O) groups is 1. The van der Waals surface area contributed by atoms with E-state index in [2.05, 4.69) is 21.0 Å². The maximum absolute atomic E-state index is 13.6. The second kappa shape index (κ2) is 10.7. The highest BCUT2D eigenvalue weighted by Crippen LogP contribution is 2.41. The molecule has 0 aliphatic heterocycles. The minimum absolute atomic E-state index is 0.150. The van der Waals surface area contributed by atoms with Gasteiger partial charge in [0.1, 0.15) is 11.2 Å². The SMILES string of the molecule is CCCC(O)Cn1nc(OCc2ccccc2/C(=C\OC)C(=O)[O-])c(C(F)(F)F)c1Br. The smallest absolute Gasteiger partial charge is 0.424 e. The van der Waals surface area contributed by atoms with Gasteiger partial charge in [0.05, 0.1) is 32.0 Å². The van der Waals surface area contributed by atoms with E-state index < -0.39 is 36.3 Å². The number of aliphatic hydroxyl groups is 1. The molecule has 0 bridgehead atoms. The monoisotopic (exact) mass is 505 g/mol. The summed E-state index contributed by atoms with van der Waals surface area (Å²) >= 11 is 2.90. The van der Waals surface area contributed by atoms with E-state index in [1.807, 2.05) is 6.92 Å². The van der Waals surface area contributed by atoms with E-state index in [0.717, 1.165) is 10.9 Å². The third kappa shape index (κ3) is 6.23. The molecule has 2 rings (SSSR count). The fourth-order valence-electron chi connectivity index (χ4n) is 2.90. The molecule has 1 aromatic heterocycles. The number of halogens is 4. The number of aromatic nitrogens is 2. The first-order valence-corrected chi connectivity index (χ1v) is 10.1. The van der Waals surface area contributed by atoms with Crippen molar-refractivity contribution in [1.29, 1.82) is 0 Å². The Morgan fingerprint density at radius 1 is 1.39 bits per heavy atom. The fraction of sp³-hybridized carbons (Fsp3) is 0.400. The Hall–Kier alpha value is -2.53. The summed E-state index contributed by atoms with van der Waals surface area (Å²) in [7, 11) is 1.26. The van der Waals surface area contributed by atoms with Crippen LogP contribution in [0.5, 0.6) is 5.88 Å². The van der Waals surface area contributed by atoms with Gasteiger partial charge >= 0.3 is 6.18 Å². The molecule has 0 saturated carbocycles. The second-order valence-electron chi connectivity index (χ2n) is 6.59. The molecule has 31 heavy (non-hydrogen) atoms. The van der Waals surface area contributed by atoms with Crippen molar-refractivity contribution in [3.63, 3.8) is 0 Å². The lowest BCUT2D eigenvalue weighted by molar-refractivity contribution is -0.295. The number of carboxylic acid groups (broad SMARTS) is 1. The molecule has 0 aliphatic carbocycles. The second-order valence-corrected chi connectivity index (χ2v) is 7.34. The van der Waals surface area contributed by atoms with Gasteiger partial charge in [0, 0.05) is 5.57 Å². The predicted octanol–water partition coefficient (Wildman–Crippen LogP) is 3.14. The molecule has 1 heterocycles. The Bertz CT molecular complexity index is 943. The number of aliphatic hydroxyl groups excluding tert-OH is 1. The lowest BCUT2D eigenvalue weighted by Gasteiger charge is -2.14. The van der Waals surface area contributed by atoms with Gasteiger partial charge in [-0.2, -0.15) is 13.2 Å². The quantitative estimate of drug-likeness (QED) is 0.393. The van der Waals surface area contributed by atoms with Gasteiger partial charge < -0.3 is 24.5 Å². The van der Waals surface area contributed by atoms with E-state index in [1.54, 1.807) is 12.1 Å². The van der Waals surface area contributed by atoms with E-state index in [9.17, 15) is 28.2 Å². The summed E-state index contributed by atoms with van der Waals surface area (Å²) in [6.07, 6.45) is -3.62. The number of nitrogens with zero attached hydrogens (tertiary/aromatic N) is 2. The molecule has 1 aromatic carbocycles. The normalized spacial score (nSPS) is 13.2. The molecule has 0 saturated heterocycles. The summed E-state index contributed by atoms with van der Waals surface area (Å²) in [5.74, 6) is -2.20. The highest BCUT2D eigenvalue weighted by Gasteiger charge is 2.41. The summed E-state index contributed by atoms with van der Waals surface area (Å²) in [5.41, 5.74) is -0.942. The molecule has 1 unspecified atom stereocenters. The Labute approximate surface area is 185 Å². The van der Waals surface area contributed by atoms with Gasteiger partial charge in [-0.15, -0.1) is 5.10 Å². The van der Waals surface area contributed by atoms with Crippen molar-refractivity contribution in [1.82, 2.24) is 9.78 Å². The van der Waals surface area contributed by atoms with Gasteiger partial charge in [-0.3, -0.25) is 4.68 Å². The first-order valence-electron chi connectivity index (χ1n) is 9.27. The highest BCUT2D eigenvalue weighted by atomic mass is 79.9. The van der Waals surface area contributed by atoms with Gasteiger partial charge in [0.25, 0.3) is 0 Å². The summed E-state index contributed by atoms with van der Waals surface area (Å²) in [6.45, 7) is 1.30. The van der Waals surface area contributed by atoms with Crippen molar-refractivity contribution < 1.29 is 37.7 Å². The van der Waals surface area contributed by atoms with Crippen LogP contribution in [-0.2, 0) is 28.9 Å². The van der Waals surface area contributed by atoms with Crippen LogP contribution in [0.1, 0.15) is 36.5 Å². The van der Waals surface area contributed by atoms with Crippen molar-refractivity contribution in [2.24, 2.45) is 0 Å². The zero-order valence-corrected chi connectivity index (χ0v) is 18.4. The van der Waals surface area contributed by atoms with Gasteiger partial charge in [0.2, 0.25) is 5.88 Å². The number of carboxylic acids is 1. The Morgan fingerprint density at radius 2 is 2.06 bits per heavy atom. The van der Waals surface area contributed by atoms with Crippen LogP contribution in [0, 0.1) is 0 Å². The van der Waals surface area contributed by atoms with Crippen LogP contribution >= 0.6 is 15.9 Å². The number of alkyl halides is 3. The van der Waals surface area contributed by atoms with Crippen LogP contribution in [-0.4, -0.2) is 34.1 Å². The summed E-state index contributed by atoms with van der Waals surface area (Å²) in [5, 5.41) is 25.2. The first-order chi connectivity index (χ1) is 14.6. The zero-order chi connectivity index (χ0) is 23.2. The molecule has 0 radical (unpaired) electrons. The summed E-state index contributed by atoms with van der Waals surface area (Å²) in [6, 6.07) is 6.11. The van der Waals surface area contributed by atoms with E-state index in [-0.39, 0.29) is 22.3 Å². The maximum atomic E-state index is 13.6. The number of rotatable bonds is 10. The van der Waals surface area contributed by atoms with Crippen molar-refractivity contribution in [3.8, 4) is 5.88 Å². The molecule has 11 heteroatoms. The molecule has 2 aromatic rings. The number of hydrogen-bond acceptors (Lipinski definition) is 6. The van der Waals surface area contributed by atoms with Crippen molar-refractivity contribution in [2.45, 2.75) is 45.2 Å². The third-order valence-electron chi connectivity index (χ3n) is 4.27. The molecule has 1 atom stereocenters. The first kappa shape index (κ1) is 24.7. The van der Waals surface area contributed by atoms with Crippen LogP contribution in [0.15, 0.2) is 35.1 Å². The van der Waals surface area contributed by atoms with Crippen LogP contribution in [0.25, 0.3) is 5.57 Å². The Morgan fingerprint density at radius 3 is 2.65 bits per heavy atom. The lowest BCUT2D eigenvalue weighted by atomic mass is 10.0. The molecule has 7 nitrogen and oxygen atoms in total. The van der Waals surface area contributed by atoms with Gasteiger partial charge in [-0.1, -0.05) is 37.6 Å². The van der Waals surface area contributed by atoms with Crippen LogP contribution in [0.3, 0.4) is 0 Å². The van der Waals surface area contributed by atoms with Gasteiger partial charge in [-0.05, 0) is 33.5 Å². The van der Waals surface area contributed by atoms with E-state index in [1.165, 1.54) is 19.2 Å². The number of benzene rings is 1. The number of carbonyl (C=O) groups excluding carboxylic acids is 1. The van der Waals surface area contributed by atoms with E-state index in [4.69, 9.17) is 9.47 Å². The van der Waals surface area contributed by atoms with E-state index >= 15 is 0 Å². The Kier molecular flexibility index (Phi) is 8.52. The topological polar surface area (TPSA) is 96.6 Å². The van der Waals surface area contributed by atoms with Crippen molar-refractivity contribution in [2.75, 3.05) is 7.11 Å². The molecule has 170 valence electrons. The molecular weight excluding hydrogens is 485 g/mol. The highest BCUT2D eigenvalue weighted by molar-refractivity contribution is 9.10. The number of hydrogen-bond donors (Lipinski definition) is 1. The molecule has 0 amide bonds. The largest absolute Gasteiger partial charge is 0.545 e. The number of methoxy groups -OCH3 is 1. The van der Waals surface area contributed by atoms with Gasteiger partial charge in [-0.25, -0.2) is 0 Å². The standard InChI is InChI=1S/C20H22BrF3N2O5/c1-3-6-13(27)9-26-17(21)16(20(22,23)24)18(25-26)31-10-12-7-4-5-8-14(12)15(11-30-2)19(28)29/h4-5,7-8,11,13,27H,3,6,9-10H2,1-2H3,(H,28,29)/p-1/b15-11+. The van der Waals surface area contributed by atoms with Crippen LogP contribution in [0.4, 0.5) is 13.2 Å². The molecule has 0 aliphatic rings. The van der Waals surface area contributed by atoms with Crippen molar-refractivity contribution >= 4 is 27.5 Å². The number of ether oxygens (including phenoxy) is 2. The lowest BCUT2D eigenvalue weighted by Crippen LogP contribution is -2.24. The fourth-order valence-corrected chi connectivity index (χ4v) is 3.52. The molecule has 0 spiro atoms. The summed E-state index contributed by atoms with van der Waals surface area (Å²) < 4.78 is 51.6. The van der Waals surface area contributed by atoms with Crippen LogP contribution in [0.2, 0.25) is 0 Å². The minimum Gasteiger partial charge on any atom is -0.545 e. The number of aliphatic carboxylic acids is 1. The average Bonchev–Trinajstić information content (AvgIpc) is 3.00. The molecular formula is C20H21BrF3N2O5-. The third-order valence-corrected chi connectivity index (χ3v) is 5.08. The average molecular weight is 506 g/mol. The maximum Gasteiger partial charge on any atom is 0.424 e. The Balaban J connectivity index is 2.38. The van der Waals surface area contributed by atoms with E-state index in [0.29, 0.717) is 18.4 Å². The molecule has 1 N–H and O–H groups in total. The minimum atomic E-state index is -4.77. The molecule has 0 fully saturated rings. The zero-order valence-electron chi connectivity index (χ0n) is 16.8. The van der Waals surface area contributed by atoms with Gasteiger partial charge in [0.15, 0.2) is 5.56 Å². The van der Waals surface area contributed by atoms with Crippen molar-refractivity contribution in [3.05, 3.63) is 51.8 Å². The van der Waals surface area contributed by atoms with Crippen LogP contribution < -0.4 is 9.84 Å². The summed E-state index contributed by atoms with van der Waals surface area (Å²) in [4.78, 5) is 11.4. The predicted molar refractivity (Wildman–Crippen MR) is 107 cm³/mol.